The molecule has 8 heteroatoms. The number of anilines is 1. The van der Waals surface area contributed by atoms with Crippen molar-refractivity contribution in [3.63, 3.8) is 0 Å². The van der Waals surface area contributed by atoms with E-state index in [0.717, 1.165) is 43.1 Å². The molecule has 0 spiro atoms. The van der Waals surface area contributed by atoms with Gasteiger partial charge in [0, 0.05) is 56.8 Å². The van der Waals surface area contributed by atoms with Crippen molar-refractivity contribution in [1.29, 1.82) is 5.26 Å². The molecule has 36 heavy (non-hydrogen) atoms. The van der Waals surface area contributed by atoms with Gasteiger partial charge in [-0.25, -0.2) is 0 Å². The number of nitrogens with one attached hydrogen (secondary N) is 1. The number of nitrogens with zero attached hydrogens (tertiary/aromatic N) is 4. The SMILES string of the molecule is CC(=C(C#N)C(O)NCC(O)CO)c1ccc(-c2ccc3cc(N4CCN(C)CC4)ccc3c2)n1C. The number of hydrogen-bond acceptors (Lipinski definition) is 7. The van der Waals surface area contributed by atoms with E-state index in [2.05, 4.69) is 64.6 Å². The van der Waals surface area contributed by atoms with E-state index in [0.29, 0.717) is 5.57 Å². The fraction of sp³-hybridized carbons (Fsp3) is 0.393. The number of aromatic nitrogens is 1. The Labute approximate surface area is 212 Å². The lowest BCUT2D eigenvalue weighted by molar-refractivity contribution is 0.0767. The van der Waals surface area contributed by atoms with E-state index in [-0.39, 0.29) is 12.1 Å². The maximum atomic E-state index is 10.4. The zero-order valence-electron chi connectivity index (χ0n) is 21.1. The zero-order valence-corrected chi connectivity index (χ0v) is 21.1. The molecule has 3 aromatic rings. The summed E-state index contributed by atoms with van der Waals surface area (Å²) in [5.74, 6) is 0. The lowest BCUT2D eigenvalue weighted by atomic mass is 10.0. The Morgan fingerprint density at radius 1 is 1.00 bits per heavy atom. The third-order valence-electron chi connectivity index (χ3n) is 7.05. The van der Waals surface area contributed by atoms with Gasteiger partial charge in [0.05, 0.1) is 24.4 Å². The fourth-order valence-corrected chi connectivity index (χ4v) is 4.73. The first-order chi connectivity index (χ1) is 17.3. The van der Waals surface area contributed by atoms with Crippen molar-refractivity contribution in [2.75, 3.05) is 51.3 Å². The van der Waals surface area contributed by atoms with Gasteiger partial charge in [0.25, 0.3) is 0 Å². The van der Waals surface area contributed by atoms with Gasteiger partial charge in [-0.3, -0.25) is 5.32 Å². The average molecular weight is 490 g/mol. The van der Waals surface area contributed by atoms with Gasteiger partial charge in [0.15, 0.2) is 0 Å². The summed E-state index contributed by atoms with van der Waals surface area (Å²) >= 11 is 0. The number of hydrogen-bond donors (Lipinski definition) is 4. The van der Waals surface area contributed by atoms with Gasteiger partial charge in [-0.1, -0.05) is 18.2 Å². The van der Waals surface area contributed by atoms with Gasteiger partial charge in [0.1, 0.15) is 6.23 Å². The molecule has 2 atom stereocenters. The maximum Gasteiger partial charge on any atom is 0.141 e. The second-order valence-corrected chi connectivity index (χ2v) is 9.50. The van der Waals surface area contributed by atoms with Crippen LogP contribution in [0.3, 0.4) is 0 Å². The highest BCUT2D eigenvalue weighted by Gasteiger charge is 2.19. The first kappa shape index (κ1) is 25.9. The van der Waals surface area contributed by atoms with Gasteiger partial charge in [0.2, 0.25) is 0 Å². The Balaban J connectivity index is 1.58. The fourth-order valence-electron chi connectivity index (χ4n) is 4.73. The Morgan fingerprint density at radius 3 is 2.39 bits per heavy atom. The minimum Gasteiger partial charge on any atom is -0.394 e. The molecule has 4 rings (SSSR count). The summed E-state index contributed by atoms with van der Waals surface area (Å²) < 4.78 is 2.02. The molecule has 4 N–H and O–H groups in total. The Kier molecular flexibility index (Phi) is 8.09. The molecule has 2 aromatic carbocycles. The Bertz CT molecular complexity index is 1280. The van der Waals surface area contributed by atoms with E-state index in [4.69, 9.17) is 5.11 Å². The summed E-state index contributed by atoms with van der Waals surface area (Å²) in [7, 11) is 4.11. The normalized spacial score (nSPS) is 17.1. The molecule has 1 aromatic heterocycles. The molecule has 1 fully saturated rings. The summed E-state index contributed by atoms with van der Waals surface area (Å²) in [6.45, 7) is 5.58. The maximum absolute atomic E-state index is 10.4. The number of likely N-dealkylation sites (N-methyl/N-ethyl adjacent to an activating group) is 1. The number of benzene rings is 2. The predicted octanol–water partition coefficient (Wildman–Crippen LogP) is 2.16. The van der Waals surface area contributed by atoms with Crippen LogP contribution in [0, 0.1) is 11.3 Å². The molecule has 1 saturated heterocycles. The topological polar surface area (TPSA) is 108 Å². The number of nitriles is 1. The molecule has 2 unspecified atom stereocenters. The van der Waals surface area contributed by atoms with Crippen molar-refractivity contribution in [1.82, 2.24) is 14.8 Å². The molecule has 0 aliphatic carbocycles. The lowest BCUT2D eigenvalue weighted by Gasteiger charge is -2.34. The van der Waals surface area contributed by atoms with Crippen LogP contribution in [0.2, 0.25) is 0 Å². The number of piperazine rings is 1. The summed E-state index contributed by atoms with van der Waals surface area (Å²) in [6.07, 6.45) is -2.25. The predicted molar refractivity (Wildman–Crippen MR) is 143 cm³/mol. The number of rotatable bonds is 8. The smallest absolute Gasteiger partial charge is 0.141 e. The molecule has 0 amide bonds. The second kappa shape index (κ2) is 11.2. The van der Waals surface area contributed by atoms with Gasteiger partial charge in [-0.05, 0) is 66.2 Å². The molecular weight excluding hydrogens is 454 g/mol. The van der Waals surface area contributed by atoms with E-state index in [9.17, 15) is 15.5 Å². The summed E-state index contributed by atoms with van der Waals surface area (Å²) in [4.78, 5) is 4.79. The molecule has 0 saturated carbocycles. The van der Waals surface area contributed by atoms with Crippen LogP contribution in [0.5, 0.6) is 0 Å². The van der Waals surface area contributed by atoms with Crippen molar-refractivity contribution < 1.29 is 15.3 Å². The highest BCUT2D eigenvalue weighted by atomic mass is 16.3. The summed E-state index contributed by atoms with van der Waals surface area (Å²) in [5, 5.41) is 43.7. The highest BCUT2D eigenvalue weighted by Crippen LogP contribution is 2.31. The Morgan fingerprint density at radius 2 is 1.69 bits per heavy atom. The highest BCUT2D eigenvalue weighted by molar-refractivity contribution is 5.90. The first-order valence-electron chi connectivity index (χ1n) is 12.3. The molecule has 2 heterocycles. The first-order valence-corrected chi connectivity index (χ1v) is 12.3. The van der Waals surface area contributed by atoms with E-state index in [1.54, 1.807) is 6.92 Å². The lowest BCUT2D eigenvalue weighted by Crippen LogP contribution is -2.44. The van der Waals surface area contributed by atoms with Crippen molar-refractivity contribution in [3.8, 4) is 17.3 Å². The number of aliphatic hydroxyl groups excluding tert-OH is 3. The molecule has 1 aliphatic heterocycles. The number of fused-ring (bicyclic) bond motifs is 1. The second-order valence-electron chi connectivity index (χ2n) is 9.50. The third-order valence-corrected chi connectivity index (χ3v) is 7.05. The van der Waals surface area contributed by atoms with Crippen LogP contribution in [0.15, 0.2) is 54.1 Å². The zero-order chi connectivity index (χ0) is 25.8. The van der Waals surface area contributed by atoms with Crippen LogP contribution in [0.4, 0.5) is 5.69 Å². The molecule has 1 aliphatic rings. The van der Waals surface area contributed by atoms with Crippen LogP contribution < -0.4 is 10.2 Å². The minimum atomic E-state index is -1.25. The average Bonchev–Trinajstić information content (AvgIpc) is 3.28. The molecule has 8 nitrogen and oxygen atoms in total. The van der Waals surface area contributed by atoms with E-state index >= 15 is 0 Å². The molecular formula is C28H35N5O3. The summed E-state index contributed by atoms with van der Waals surface area (Å²) in [6, 6.07) is 19.1. The van der Waals surface area contributed by atoms with Gasteiger partial charge < -0.3 is 29.7 Å². The van der Waals surface area contributed by atoms with Gasteiger partial charge >= 0.3 is 0 Å². The molecule has 0 radical (unpaired) electrons. The van der Waals surface area contributed by atoms with Crippen LogP contribution >= 0.6 is 0 Å². The molecule has 0 bridgehead atoms. The van der Waals surface area contributed by atoms with Crippen LogP contribution in [-0.4, -0.2) is 83.5 Å². The minimum absolute atomic E-state index is 0.0257. The van der Waals surface area contributed by atoms with Crippen molar-refractivity contribution in [3.05, 3.63) is 59.8 Å². The number of allylic oxidation sites excluding steroid dienone is 1. The van der Waals surface area contributed by atoms with Crippen molar-refractivity contribution in [2.45, 2.75) is 19.3 Å². The molecule has 190 valence electrons. The third kappa shape index (κ3) is 5.46. The van der Waals surface area contributed by atoms with Crippen LogP contribution in [0.25, 0.3) is 27.6 Å². The van der Waals surface area contributed by atoms with Crippen LogP contribution in [-0.2, 0) is 7.05 Å². The van der Waals surface area contributed by atoms with Crippen molar-refractivity contribution in [2.24, 2.45) is 7.05 Å². The van der Waals surface area contributed by atoms with Crippen molar-refractivity contribution >= 4 is 22.0 Å². The number of aliphatic hydroxyl groups is 3. The van der Waals surface area contributed by atoms with E-state index in [1.165, 1.54) is 16.5 Å². The van der Waals surface area contributed by atoms with Gasteiger partial charge in [-0.2, -0.15) is 5.26 Å². The van der Waals surface area contributed by atoms with Crippen LogP contribution in [0.1, 0.15) is 12.6 Å². The standard InChI is InChI=1S/C28H35N5O3/c1-19(25(16-29)28(36)30-17-24(35)18-34)26-8-9-27(32(26)3)22-5-4-21-15-23(7-6-20(21)14-22)33-12-10-31(2)11-13-33/h4-9,14-15,24,28,30,34-36H,10-13,17-18H2,1-3H3. The Hall–Kier alpha value is -3.19. The van der Waals surface area contributed by atoms with E-state index in [1.807, 2.05) is 23.7 Å². The quantitative estimate of drug-likeness (QED) is 0.284. The monoisotopic (exact) mass is 489 g/mol. The van der Waals surface area contributed by atoms with Gasteiger partial charge in [-0.15, -0.1) is 0 Å². The summed E-state index contributed by atoms with van der Waals surface area (Å²) in [5.41, 5.74) is 4.96. The largest absolute Gasteiger partial charge is 0.394 e. The van der Waals surface area contributed by atoms with E-state index < -0.39 is 18.9 Å².